The summed E-state index contributed by atoms with van der Waals surface area (Å²) in [6, 6.07) is 0. The van der Waals surface area contributed by atoms with Crippen molar-refractivity contribution >= 4 is 5.91 Å². The molecule has 0 saturated heterocycles. The molecule has 0 aromatic carbocycles. The molecule has 3 nitrogen and oxygen atoms in total. The number of amides is 1. The normalized spacial score (nSPS) is 10.1. The molecule has 0 aliphatic carbocycles. The van der Waals surface area contributed by atoms with Crippen LogP contribution in [0.25, 0.3) is 0 Å². The largest absolute Gasteiger partial charge is 0.471 e. The van der Waals surface area contributed by atoms with Crippen LogP contribution in [-0.4, -0.2) is 32.2 Å². The Kier molecular flexibility index (Phi) is 9.86. The molecule has 0 saturated carbocycles. The molecule has 0 unspecified atom stereocenters. The highest BCUT2D eigenvalue weighted by atomic mass is 19.4. The van der Waals surface area contributed by atoms with Gasteiger partial charge in [-0.15, -0.1) is 0 Å². The van der Waals surface area contributed by atoms with Crippen LogP contribution in [0.15, 0.2) is 0 Å². The summed E-state index contributed by atoms with van der Waals surface area (Å²) < 4.78 is 34.6. The van der Waals surface area contributed by atoms with Crippen molar-refractivity contribution in [3.63, 3.8) is 0 Å². The molecular weight excluding hydrogens is 197 g/mol. The molecule has 1 amide bonds. The third kappa shape index (κ3) is 9.31. The molecule has 0 aromatic rings. The van der Waals surface area contributed by atoms with E-state index in [-0.39, 0.29) is 6.54 Å². The van der Waals surface area contributed by atoms with Gasteiger partial charge in [0.15, 0.2) is 0 Å². The standard InChI is InChI=1S/C6H11F3N2O.C2H6/c1-10-3-2-4-11-5(12)6(7,8)9;1-2/h10H,2-4H2,1H3,(H,11,12);1-2H3. The molecule has 0 rings (SSSR count). The van der Waals surface area contributed by atoms with E-state index in [4.69, 9.17) is 0 Å². The zero-order chi connectivity index (χ0) is 11.6. The lowest BCUT2D eigenvalue weighted by atomic mass is 10.4. The first kappa shape index (κ1) is 15.7. The molecule has 0 fully saturated rings. The van der Waals surface area contributed by atoms with Crippen molar-refractivity contribution in [3.8, 4) is 0 Å². The fourth-order valence-corrected chi connectivity index (χ4v) is 0.567. The van der Waals surface area contributed by atoms with Crippen LogP contribution in [-0.2, 0) is 4.79 Å². The van der Waals surface area contributed by atoms with Crippen molar-refractivity contribution in [2.75, 3.05) is 20.1 Å². The van der Waals surface area contributed by atoms with Crippen LogP contribution in [0.4, 0.5) is 13.2 Å². The molecule has 0 aliphatic rings. The third-order valence-electron chi connectivity index (χ3n) is 1.15. The fraction of sp³-hybridized carbons (Fsp3) is 0.875. The fourth-order valence-electron chi connectivity index (χ4n) is 0.567. The van der Waals surface area contributed by atoms with Crippen LogP contribution in [0, 0.1) is 0 Å². The predicted molar refractivity (Wildman–Crippen MR) is 49.0 cm³/mol. The lowest BCUT2D eigenvalue weighted by molar-refractivity contribution is -0.173. The Balaban J connectivity index is 0. The van der Waals surface area contributed by atoms with Crippen LogP contribution in [0.2, 0.25) is 0 Å². The molecule has 86 valence electrons. The number of hydrogen-bond donors (Lipinski definition) is 2. The maximum Gasteiger partial charge on any atom is 0.471 e. The highest BCUT2D eigenvalue weighted by Gasteiger charge is 2.37. The van der Waals surface area contributed by atoms with E-state index < -0.39 is 12.1 Å². The van der Waals surface area contributed by atoms with E-state index in [1.807, 2.05) is 13.8 Å². The molecule has 0 atom stereocenters. The topological polar surface area (TPSA) is 41.1 Å². The van der Waals surface area contributed by atoms with E-state index in [2.05, 4.69) is 5.32 Å². The van der Waals surface area contributed by atoms with Gasteiger partial charge in [-0.3, -0.25) is 4.79 Å². The Hall–Kier alpha value is -0.780. The average Bonchev–Trinajstić information content (AvgIpc) is 2.14. The quantitative estimate of drug-likeness (QED) is 0.692. The number of hydrogen-bond acceptors (Lipinski definition) is 2. The second-order valence-corrected chi connectivity index (χ2v) is 2.21. The molecule has 0 radical (unpaired) electrons. The first-order chi connectivity index (χ1) is 6.48. The van der Waals surface area contributed by atoms with Crippen molar-refractivity contribution in [1.29, 1.82) is 0 Å². The summed E-state index contributed by atoms with van der Waals surface area (Å²) in [6.07, 6.45) is -4.28. The van der Waals surface area contributed by atoms with E-state index in [0.717, 1.165) is 0 Å². The minimum Gasteiger partial charge on any atom is -0.348 e. The molecule has 0 aliphatic heterocycles. The van der Waals surface area contributed by atoms with E-state index in [9.17, 15) is 18.0 Å². The second-order valence-electron chi connectivity index (χ2n) is 2.21. The molecule has 6 heteroatoms. The lowest BCUT2D eigenvalue weighted by Crippen LogP contribution is -2.37. The summed E-state index contributed by atoms with van der Waals surface area (Å²) in [5.74, 6) is -1.88. The number of carbonyl (C=O) groups excluding carboxylic acids is 1. The van der Waals surface area contributed by atoms with Gasteiger partial charge >= 0.3 is 12.1 Å². The van der Waals surface area contributed by atoms with Crippen LogP contribution in [0.1, 0.15) is 20.3 Å². The Bertz CT molecular complexity index is 148. The number of nitrogens with one attached hydrogen (secondary N) is 2. The smallest absolute Gasteiger partial charge is 0.348 e. The van der Waals surface area contributed by atoms with E-state index in [1.54, 1.807) is 12.4 Å². The first-order valence-corrected chi connectivity index (χ1v) is 4.48. The SMILES string of the molecule is CC.CNCCCNC(=O)C(F)(F)F. The van der Waals surface area contributed by atoms with Crippen molar-refractivity contribution < 1.29 is 18.0 Å². The van der Waals surface area contributed by atoms with Gasteiger partial charge in [-0.25, -0.2) is 0 Å². The molecule has 14 heavy (non-hydrogen) atoms. The van der Waals surface area contributed by atoms with Gasteiger partial charge in [-0.2, -0.15) is 13.2 Å². The maximum absolute atomic E-state index is 11.5. The highest BCUT2D eigenvalue weighted by Crippen LogP contribution is 2.13. The van der Waals surface area contributed by atoms with Gasteiger partial charge in [-0.05, 0) is 20.0 Å². The van der Waals surface area contributed by atoms with Crippen LogP contribution >= 0.6 is 0 Å². The molecular formula is C8H17F3N2O. The lowest BCUT2D eigenvalue weighted by Gasteiger charge is -2.06. The highest BCUT2D eigenvalue weighted by molar-refractivity contribution is 5.81. The Labute approximate surface area is 82.1 Å². The summed E-state index contributed by atoms with van der Waals surface area (Å²) in [6.45, 7) is 4.62. The van der Waals surface area contributed by atoms with Gasteiger partial charge < -0.3 is 10.6 Å². The van der Waals surface area contributed by atoms with Crippen molar-refractivity contribution in [1.82, 2.24) is 10.6 Å². The Morgan fingerprint density at radius 3 is 2.07 bits per heavy atom. The zero-order valence-electron chi connectivity index (χ0n) is 8.66. The average molecular weight is 214 g/mol. The maximum atomic E-state index is 11.5. The van der Waals surface area contributed by atoms with E-state index in [1.165, 1.54) is 0 Å². The van der Waals surface area contributed by atoms with Gasteiger partial charge in [0.05, 0.1) is 0 Å². The summed E-state index contributed by atoms with van der Waals surface area (Å²) in [5, 5.41) is 4.50. The molecule has 0 heterocycles. The number of rotatable bonds is 4. The van der Waals surface area contributed by atoms with E-state index in [0.29, 0.717) is 13.0 Å². The molecule has 0 bridgehead atoms. The monoisotopic (exact) mass is 214 g/mol. The molecule has 0 aromatic heterocycles. The van der Waals surface area contributed by atoms with Gasteiger partial charge in [0.1, 0.15) is 0 Å². The molecule has 0 spiro atoms. The first-order valence-electron chi connectivity index (χ1n) is 4.48. The second kappa shape index (κ2) is 8.80. The Morgan fingerprint density at radius 1 is 1.21 bits per heavy atom. The third-order valence-corrected chi connectivity index (χ3v) is 1.15. The van der Waals surface area contributed by atoms with Gasteiger partial charge in [-0.1, -0.05) is 13.8 Å². The van der Waals surface area contributed by atoms with Crippen molar-refractivity contribution in [3.05, 3.63) is 0 Å². The van der Waals surface area contributed by atoms with Gasteiger partial charge in [0.25, 0.3) is 0 Å². The number of alkyl halides is 3. The van der Waals surface area contributed by atoms with Crippen LogP contribution in [0.3, 0.4) is 0 Å². The Morgan fingerprint density at radius 2 is 1.71 bits per heavy atom. The predicted octanol–water partition coefficient (Wildman–Crippen LogP) is 1.30. The van der Waals surface area contributed by atoms with Crippen LogP contribution < -0.4 is 10.6 Å². The van der Waals surface area contributed by atoms with Gasteiger partial charge in [0.2, 0.25) is 0 Å². The summed E-state index contributed by atoms with van der Waals surface area (Å²) >= 11 is 0. The minimum atomic E-state index is -4.76. The number of carbonyl (C=O) groups is 1. The minimum absolute atomic E-state index is 0.0409. The van der Waals surface area contributed by atoms with E-state index >= 15 is 0 Å². The van der Waals surface area contributed by atoms with Crippen LogP contribution in [0.5, 0.6) is 0 Å². The summed E-state index contributed by atoms with van der Waals surface area (Å²) in [7, 11) is 1.69. The summed E-state index contributed by atoms with van der Waals surface area (Å²) in [4.78, 5) is 10.2. The number of halogens is 3. The zero-order valence-corrected chi connectivity index (χ0v) is 8.66. The van der Waals surface area contributed by atoms with Crippen molar-refractivity contribution in [2.24, 2.45) is 0 Å². The summed E-state index contributed by atoms with van der Waals surface area (Å²) in [5.41, 5.74) is 0. The molecule has 2 N–H and O–H groups in total. The van der Waals surface area contributed by atoms with Gasteiger partial charge in [0, 0.05) is 6.54 Å². The van der Waals surface area contributed by atoms with Crippen molar-refractivity contribution in [2.45, 2.75) is 26.4 Å².